The van der Waals surface area contributed by atoms with E-state index in [1.165, 1.54) is 0 Å². The van der Waals surface area contributed by atoms with Crippen LogP contribution in [0.3, 0.4) is 0 Å². The Labute approximate surface area is 139 Å². The monoisotopic (exact) mass is 371 g/mol. The maximum atomic E-state index is 11.8. The van der Waals surface area contributed by atoms with Crippen molar-refractivity contribution in [3.05, 3.63) is 35.9 Å². The van der Waals surface area contributed by atoms with Crippen LogP contribution >= 0.6 is 15.9 Å². The summed E-state index contributed by atoms with van der Waals surface area (Å²) in [7, 11) is 0. The first-order valence-electron chi connectivity index (χ1n) is 7.05. The SMILES string of the molecule is CC(C)(C)OC(=O)C[C@H](CBr)NC(=O)OCc1ccccc1. The number of halogens is 1. The third kappa shape index (κ3) is 8.02. The van der Waals surface area contributed by atoms with Crippen LogP contribution in [0.5, 0.6) is 0 Å². The average molecular weight is 372 g/mol. The van der Waals surface area contributed by atoms with Crippen molar-refractivity contribution in [1.29, 1.82) is 0 Å². The predicted molar refractivity (Wildman–Crippen MR) is 87.8 cm³/mol. The molecule has 0 radical (unpaired) electrons. The fourth-order valence-corrected chi connectivity index (χ4v) is 2.05. The molecule has 122 valence electrons. The highest BCUT2D eigenvalue weighted by atomic mass is 79.9. The molecule has 0 bridgehead atoms. The first-order valence-corrected chi connectivity index (χ1v) is 8.17. The van der Waals surface area contributed by atoms with E-state index in [9.17, 15) is 9.59 Å². The van der Waals surface area contributed by atoms with Crippen LogP contribution in [0.2, 0.25) is 0 Å². The van der Waals surface area contributed by atoms with Crippen LogP contribution in [0.25, 0.3) is 0 Å². The van der Waals surface area contributed by atoms with Crippen LogP contribution in [-0.4, -0.2) is 29.0 Å². The second-order valence-corrected chi connectivity index (χ2v) is 6.50. The van der Waals surface area contributed by atoms with Gasteiger partial charge in [-0.05, 0) is 26.3 Å². The van der Waals surface area contributed by atoms with Gasteiger partial charge in [0.1, 0.15) is 12.2 Å². The molecule has 0 aliphatic rings. The molecular weight excluding hydrogens is 350 g/mol. The Morgan fingerprint density at radius 3 is 2.41 bits per heavy atom. The molecule has 0 spiro atoms. The molecule has 0 heterocycles. The Balaban J connectivity index is 2.38. The topological polar surface area (TPSA) is 64.6 Å². The van der Waals surface area contributed by atoms with Crippen molar-refractivity contribution in [2.75, 3.05) is 5.33 Å². The number of carbonyl (C=O) groups excluding carboxylic acids is 2. The molecule has 0 aliphatic carbocycles. The predicted octanol–water partition coefficient (Wildman–Crippen LogP) is 3.41. The molecule has 5 nitrogen and oxygen atoms in total. The van der Waals surface area contributed by atoms with E-state index in [-0.39, 0.29) is 25.0 Å². The largest absolute Gasteiger partial charge is 0.460 e. The maximum absolute atomic E-state index is 11.8. The summed E-state index contributed by atoms with van der Waals surface area (Å²) in [5.74, 6) is -0.361. The Kier molecular flexibility index (Phi) is 7.38. The van der Waals surface area contributed by atoms with Crippen LogP contribution in [0, 0.1) is 0 Å². The van der Waals surface area contributed by atoms with E-state index in [0.29, 0.717) is 5.33 Å². The first-order chi connectivity index (χ1) is 10.3. The quantitative estimate of drug-likeness (QED) is 0.614. The van der Waals surface area contributed by atoms with Gasteiger partial charge in [-0.15, -0.1) is 0 Å². The number of alkyl carbamates (subject to hydrolysis) is 1. The molecule has 1 aromatic rings. The minimum absolute atomic E-state index is 0.0863. The first kappa shape index (κ1) is 18.5. The number of rotatable bonds is 6. The normalized spacial score (nSPS) is 12.4. The highest BCUT2D eigenvalue weighted by Gasteiger charge is 2.21. The maximum Gasteiger partial charge on any atom is 0.407 e. The van der Waals surface area contributed by atoms with Gasteiger partial charge in [0.25, 0.3) is 0 Å². The summed E-state index contributed by atoms with van der Waals surface area (Å²) in [4.78, 5) is 23.5. The molecule has 0 aliphatic heterocycles. The van der Waals surface area contributed by atoms with Crippen LogP contribution in [-0.2, 0) is 20.9 Å². The molecule has 6 heteroatoms. The molecule has 1 rings (SSSR count). The van der Waals surface area contributed by atoms with Crippen molar-refractivity contribution in [3.63, 3.8) is 0 Å². The molecule has 1 aromatic carbocycles. The Morgan fingerprint density at radius 2 is 1.86 bits per heavy atom. The van der Waals surface area contributed by atoms with E-state index in [1.807, 2.05) is 30.3 Å². The van der Waals surface area contributed by atoms with Gasteiger partial charge in [-0.1, -0.05) is 46.3 Å². The number of esters is 1. The van der Waals surface area contributed by atoms with Crippen molar-refractivity contribution >= 4 is 28.0 Å². The van der Waals surface area contributed by atoms with Crippen LogP contribution in [0.4, 0.5) is 4.79 Å². The van der Waals surface area contributed by atoms with Crippen molar-refractivity contribution < 1.29 is 19.1 Å². The zero-order valence-corrected chi connectivity index (χ0v) is 14.7. The van der Waals surface area contributed by atoms with Crippen LogP contribution in [0.15, 0.2) is 30.3 Å². The Hall–Kier alpha value is -1.56. The van der Waals surface area contributed by atoms with E-state index < -0.39 is 11.7 Å². The molecule has 0 fully saturated rings. The number of hydrogen-bond donors (Lipinski definition) is 1. The van der Waals surface area contributed by atoms with Crippen LogP contribution < -0.4 is 5.32 Å². The second-order valence-electron chi connectivity index (χ2n) is 5.85. The summed E-state index contributed by atoms with van der Waals surface area (Å²) in [6, 6.07) is 9.01. The van der Waals surface area contributed by atoms with Crippen molar-refractivity contribution in [2.24, 2.45) is 0 Å². The van der Waals surface area contributed by atoms with Gasteiger partial charge >= 0.3 is 12.1 Å². The number of benzene rings is 1. The van der Waals surface area contributed by atoms with Gasteiger partial charge < -0.3 is 14.8 Å². The van der Waals surface area contributed by atoms with Crippen LogP contribution in [0.1, 0.15) is 32.8 Å². The number of alkyl halides is 1. The highest BCUT2D eigenvalue weighted by molar-refractivity contribution is 9.09. The molecule has 1 N–H and O–H groups in total. The average Bonchev–Trinajstić information content (AvgIpc) is 2.43. The summed E-state index contributed by atoms with van der Waals surface area (Å²) in [6.07, 6.45) is -0.472. The van der Waals surface area contributed by atoms with Gasteiger partial charge in [0.05, 0.1) is 12.5 Å². The van der Waals surface area contributed by atoms with E-state index in [4.69, 9.17) is 9.47 Å². The third-order valence-corrected chi connectivity index (χ3v) is 3.34. The third-order valence-electron chi connectivity index (χ3n) is 2.55. The Morgan fingerprint density at radius 1 is 1.23 bits per heavy atom. The minimum atomic E-state index is -0.558. The molecule has 0 saturated heterocycles. The minimum Gasteiger partial charge on any atom is -0.460 e. The summed E-state index contributed by atoms with van der Waals surface area (Å²) >= 11 is 3.27. The van der Waals surface area contributed by atoms with Gasteiger partial charge in [0.15, 0.2) is 0 Å². The lowest BCUT2D eigenvalue weighted by Crippen LogP contribution is -2.39. The van der Waals surface area contributed by atoms with Gasteiger partial charge in [-0.2, -0.15) is 0 Å². The molecule has 1 atom stereocenters. The van der Waals surface area contributed by atoms with Crippen molar-refractivity contribution in [1.82, 2.24) is 5.32 Å². The van der Waals surface area contributed by atoms with Crippen molar-refractivity contribution in [3.8, 4) is 0 Å². The summed E-state index contributed by atoms with van der Waals surface area (Å²) in [5.41, 5.74) is 0.363. The highest BCUT2D eigenvalue weighted by Crippen LogP contribution is 2.10. The smallest absolute Gasteiger partial charge is 0.407 e. The zero-order chi connectivity index (χ0) is 16.6. The van der Waals surface area contributed by atoms with Gasteiger partial charge in [-0.25, -0.2) is 4.79 Å². The molecule has 22 heavy (non-hydrogen) atoms. The van der Waals surface area contributed by atoms with Gasteiger partial charge in [0.2, 0.25) is 0 Å². The second kappa shape index (κ2) is 8.78. The molecule has 1 amide bonds. The fraction of sp³-hybridized carbons (Fsp3) is 0.500. The van der Waals surface area contributed by atoms with E-state index in [1.54, 1.807) is 20.8 Å². The lowest BCUT2D eigenvalue weighted by molar-refractivity contribution is -0.155. The molecule has 0 unspecified atom stereocenters. The number of hydrogen-bond acceptors (Lipinski definition) is 4. The summed E-state index contributed by atoms with van der Waals surface area (Å²) in [5, 5.41) is 3.08. The Bertz CT molecular complexity index is 485. The lowest BCUT2D eigenvalue weighted by Gasteiger charge is -2.22. The van der Waals surface area contributed by atoms with Crippen molar-refractivity contribution in [2.45, 2.75) is 45.4 Å². The lowest BCUT2D eigenvalue weighted by atomic mass is 10.2. The summed E-state index contributed by atoms with van der Waals surface area (Å²) < 4.78 is 10.3. The number of ether oxygens (including phenoxy) is 2. The van der Waals surface area contributed by atoms with E-state index in [2.05, 4.69) is 21.2 Å². The number of nitrogens with one attached hydrogen (secondary N) is 1. The number of amides is 1. The zero-order valence-electron chi connectivity index (χ0n) is 13.1. The van der Waals surface area contributed by atoms with Gasteiger partial charge in [0, 0.05) is 5.33 Å². The van der Waals surface area contributed by atoms with E-state index >= 15 is 0 Å². The molecular formula is C16H22BrNO4. The molecule has 0 aromatic heterocycles. The van der Waals surface area contributed by atoms with E-state index in [0.717, 1.165) is 5.56 Å². The van der Waals surface area contributed by atoms with Gasteiger partial charge in [-0.3, -0.25) is 4.79 Å². The number of carbonyl (C=O) groups is 2. The standard InChI is InChI=1S/C16H22BrNO4/c1-16(2,3)22-14(19)9-13(10-17)18-15(20)21-11-12-7-5-4-6-8-12/h4-8,13H,9-11H2,1-3H3,(H,18,20)/t13-/m1/s1. The molecule has 0 saturated carbocycles. The summed E-state index contributed by atoms with van der Waals surface area (Å²) in [6.45, 7) is 5.59. The fourth-order valence-electron chi connectivity index (χ4n) is 1.66.